The molecule has 1 N–H and O–H groups in total. The van der Waals surface area contributed by atoms with Crippen molar-refractivity contribution in [2.75, 3.05) is 0 Å². The summed E-state index contributed by atoms with van der Waals surface area (Å²) in [5.74, 6) is -1.30. The summed E-state index contributed by atoms with van der Waals surface area (Å²) in [7, 11) is 0. The molecule has 0 spiro atoms. The fourth-order valence-electron chi connectivity index (χ4n) is 2.08. The van der Waals surface area contributed by atoms with Gasteiger partial charge in [0, 0.05) is 23.1 Å². The van der Waals surface area contributed by atoms with Crippen LogP contribution in [0, 0.1) is 0 Å². The lowest BCUT2D eigenvalue weighted by Gasteiger charge is -2.10. The van der Waals surface area contributed by atoms with Gasteiger partial charge in [0.25, 0.3) is 0 Å². The molecule has 2 rings (SSSR count). The SMILES string of the molecule is C/C(C(=O)O)=C(\Cc1ccccc1)C(=O)c1ccccc1. The zero-order valence-corrected chi connectivity index (χ0v) is 11.7. The summed E-state index contributed by atoms with van der Waals surface area (Å²) in [6.07, 6.45) is 0.312. The second-order valence-corrected chi connectivity index (χ2v) is 4.77. The van der Waals surface area contributed by atoms with E-state index in [1.165, 1.54) is 6.92 Å². The van der Waals surface area contributed by atoms with Gasteiger partial charge >= 0.3 is 5.97 Å². The van der Waals surface area contributed by atoms with Gasteiger partial charge in [-0.15, -0.1) is 0 Å². The molecule has 0 aliphatic carbocycles. The first kappa shape index (κ1) is 14.7. The van der Waals surface area contributed by atoms with Crippen LogP contribution in [0.5, 0.6) is 0 Å². The third-order valence-corrected chi connectivity index (χ3v) is 3.31. The van der Waals surface area contributed by atoms with E-state index < -0.39 is 5.97 Å². The number of ketones is 1. The molecule has 0 aliphatic rings. The Kier molecular flexibility index (Phi) is 4.67. The number of carboxylic acid groups (broad SMARTS) is 1. The molecule has 0 fully saturated rings. The van der Waals surface area contributed by atoms with Crippen LogP contribution in [-0.2, 0) is 11.2 Å². The molecule has 0 amide bonds. The first-order chi connectivity index (χ1) is 10.1. The lowest BCUT2D eigenvalue weighted by atomic mass is 9.93. The lowest BCUT2D eigenvalue weighted by Crippen LogP contribution is -2.12. The predicted octanol–water partition coefficient (Wildman–Crippen LogP) is 3.51. The van der Waals surface area contributed by atoms with Crippen LogP contribution in [0.4, 0.5) is 0 Å². The Morgan fingerprint density at radius 3 is 1.95 bits per heavy atom. The second-order valence-electron chi connectivity index (χ2n) is 4.77. The molecule has 2 aromatic rings. The molecule has 0 aliphatic heterocycles. The van der Waals surface area contributed by atoms with Crippen LogP contribution >= 0.6 is 0 Å². The molecule has 0 heterocycles. The highest BCUT2D eigenvalue weighted by atomic mass is 16.4. The molecule has 106 valence electrons. The lowest BCUT2D eigenvalue weighted by molar-refractivity contribution is -0.132. The van der Waals surface area contributed by atoms with Crippen molar-refractivity contribution in [3.05, 3.63) is 82.9 Å². The summed E-state index contributed by atoms with van der Waals surface area (Å²) in [6, 6.07) is 18.1. The number of carboxylic acids is 1. The summed E-state index contributed by atoms with van der Waals surface area (Å²) in [5.41, 5.74) is 1.83. The van der Waals surface area contributed by atoms with E-state index in [1.54, 1.807) is 24.3 Å². The summed E-state index contributed by atoms with van der Waals surface area (Å²) in [4.78, 5) is 23.8. The van der Waals surface area contributed by atoms with Crippen molar-refractivity contribution in [1.29, 1.82) is 0 Å². The Bertz CT molecular complexity index is 670. The number of aliphatic carboxylic acids is 1. The van der Waals surface area contributed by atoms with Crippen LogP contribution in [0.15, 0.2) is 71.8 Å². The molecule has 0 bridgehead atoms. The van der Waals surface area contributed by atoms with Gasteiger partial charge in [0.2, 0.25) is 0 Å². The number of hydrogen-bond donors (Lipinski definition) is 1. The Morgan fingerprint density at radius 1 is 0.905 bits per heavy atom. The molecule has 2 aromatic carbocycles. The van der Waals surface area contributed by atoms with Crippen molar-refractivity contribution >= 4 is 11.8 Å². The highest BCUT2D eigenvalue weighted by Crippen LogP contribution is 2.18. The van der Waals surface area contributed by atoms with Crippen LogP contribution in [0.2, 0.25) is 0 Å². The summed E-state index contributed by atoms with van der Waals surface area (Å²) in [5, 5.41) is 9.22. The van der Waals surface area contributed by atoms with Crippen LogP contribution in [0.1, 0.15) is 22.8 Å². The summed E-state index contributed by atoms with van der Waals surface area (Å²) >= 11 is 0. The van der Waals surface area contributed by atoms with Crippen LogP contribution in [0.25, 0.3) is 0 Å². The third kappa shape index (κ3) is 3.66. The van der Waals surface area contributed by atoms with Gasteiger partial charge in [0.15, 0.2) is 5.78 Å². The van der Waals surface area contributed by atoms with E-state index in [-0.39, 0.29) is 11.4 Å². The van der Waals surface area contributed by atoms with Gasteiger partial charge in [-0.05, 0) is 12.5 Å². The Balaban J connectivity index is 2.41. The normalized spacial score (nSPS) is 11.7. The molecule has 0 saturated heterocycles. The Labute approximate surface area is 123 Å². The van der Waals surface area contributed by atoms with Gasteiger partial charge in [-0.25, -0.2) is 4.79 Å². The molecular weight excluding hydrogens is 264 g/mol. The van der Waals surface area contributed by atoms with Crippen molar-refractivity contribution in [3.8, 4) is 0 Å². The van der Waals surface area contributed by atoms with E-state index in [2.05, 4.69) is 0 Å². The Hall–Kier alpha value is -2.68. The molecule has 0 radical (unpaired) electrons. The monoisotopic (exact) mass is 280 g/mol. The highest BCUT2D eigenvalue weighted by Gasteiger charge is 2.18. The predicted molar refractivity (Wildman–Crippen MR) is 81.3 cm³/mol. The number of allylic oxidation sites excluding steroid dienone is 1. The number of carbonyl (C=O) groups is 2. The van der Waals surface area contributed by atoms with Gasteiger partial charge in [0.1, 0.15) is 0 Å². The van der Waals surface area contributed by atoms with E-state index >= 15 is 0 Å². The van der Waals surface area contributed by atoms with Crippen LogP contribution < -0.4 is 0 Å². The van der Waals surface area contributed by atoms with Gasteiger partial charge in [0.05, 0.1) is 0 Å². The largest absolute Gasteiger partial charge is 0.478 e. The first-order valence-corrected chi connectivity index (χ1v) is 6.66. The van der Waals surface area contributed by atoms with Crippen molar-refractivity contribution < 1.29 is 14.7 Å². The van der Waals surface area contributed by atoms with Crippen molar-refractivity contribution in [2.45, 2.75) is 13.3 Å². The molecule has 3 heteroatoms. The number of Topliss-reactive ketones (excluding diaryl/α,β-unsaturated/α-hetero) is 1. The average molecular weight is 280 g/mol. The molecule has 0 atom stereocenters. The van der Waals surface area contributed by atoms with E-state index in [0.717, 1.165) is 5.56 Å². The van der Waals surface area contributed by atoms with E-state index in [4.69, 9.17) is 0 Å². The molecule has 0 aromatic heterocycles. The second kappa shape index (κ2) is 6.66. The first-order valence-electron chi connectivity index (χ1n) is 6.66. The average Bonchev–Trinajstić information content (AvgIpc) is 2.53. The zero-order chi connectivity index (χ0) is 15.2. The van der Waals surface area contributed by atoms with Crippen molar-refractivity contribution in [2.24, 2.45) is 0 Å². The molecule has 21 heavy (non-hydrogen) atoms. The van der Waals surface area contributed by atoms with Crippen molar-refractivity contribution in [1.82, 2.24) is 0 Å². The zero-order valence-electron chi connectivity index (χ0n) is 11.7. The van der Waals surface area contributed by atoms with Gasteiger partial charge in [-0.1, -0.05) is 60.7 Å². The number of rotatable bonds is 5. The maximum Gasteiger partial charge on any atom is 0.331 e. The smallest absolute Gasteiger partial charge is 0.331 e. The van der Waals surface area contributed by atoms with Gasteiger partial charge in [-0.3, -0.25) is 4.79 Å². The maximum absolute atomic E-state index is 12.6. The van der Waals surface area contributed by atoms with Crippen LogP contribution in [0.3, 0.4) is 0 Å². The van der Waals surface area contributed by atoms with E-state index in [0.29, 0.717) is 17.6 Å². The Morgan fingerprint density at radius 2 is 1.43 bits per heavy atom. The quantitative estimate of drug-likeness (QED) is 0.673. The minimum Gasteiger partial charge on any atom is -0.478 e. The summed E-state index contributed by atoms with van der Waals surface area (Å²) < 4.78 is 0. The fourth-order valence-corrected chi connectivity index (χ4v) is 2.08. The van der Waals surface area contributed by atoms with Crippen LogP contribution in [-0.4, -0.2) is 16.9 Å². The fraction of sp³-hybridized carbons (Fsp3) is 0.111. The molecule has 0 saturated carbocycles. The summed E-state index contributed by atoms with van der Waals surface area (Å²) in [6.45, 7) is 1.47. The molecule has 0 unspecified atom stereocenters. The molecular formula is C18H16O3. The third-order valence-electron chi connectivity index (χ3n) is 3.31. The minimum atomic E-state index is -1.06. The highest BCUT2D eigenvalue weighted by molar-refractivity contribution is 6.12. The van der Waals surface area contributed by atoms with E-state index in [9.17, 15) is 14.7 Å². The van der Waals surface area contributed by atoms with Gasteiger partial charge in [-0.2, -0.15) is 0 Å². The van der Waals surface area contributed by atoms with E-state index in [1.807, 2.05) is 36.4 Å². The van der Waals surface area contributed by atoms with Gasteiger partial charge < -0.3 is 5.11 Å². The topological polar surface area (TPSA) is 54.4 Å². The van der Waals surface area contributed by atoms with Crippen molar-refractivity contribution in [3.63, 3.8) is 0 Å². The molecule has 3 nitrogen and oxygen atoms in total. The number of carbonyl (C=O) groups excluding carboxylic acids is 1. The number of benzene rings is 2. The number of hydrogen-bond acceptors (Lipinski definition) is 2. The standard InChI is InChI=1S/C18H16O3/c1-13(18(20)21)16(12-14-8-4-2-5-9-14)17(19)15-10-6-3-7-11-15/h2-11H,12H2,1H3,(H,20,21)/b16-13-. The maximum atomic E-state index is 12.6. The minimum absolute atomic E-state index is 0.0905.